The molecule has 1 aromatic heterocycles. The van der Waals surface area contributed by atoms with Crippen LogP contribution in [0.1, 0.15) is 40.9 Å². The average Bonchev–Trinajstić information content (AvgIpc) is 3.03. The van der Waals surface area contributed by atoms with Gasteiger partial charge in [0.2, 0.25) is 0 Å². The Hall–Kier alpha value is -1.23. The summed E-state index contributed by atoms with van der Waals surface area (Å²) in [6.07, 6.45) is 2.37. The first-order chi connectivity index (χ1) is 7.69. The largest absolute Gasteiger partial charge is 0.397 e. The molecule has 1 aliphatic rings. The van der Waals surface area contributed by atoms with Gasteiger partial charge in [-0.15, -0.1) is 11.3 Å². The Bertz CT molecular complexity index is 410. The molecule has 5 heteroatoms. The molecule has 4 N–H and O–H groups in total. The zero-order valence-corrected chi connectivity index (χ0v) is 10.4. The van der Waals surface area contributed by atoms with Gasteiger partial charge in [0.25, 0.3) is 5.91 Å². The molecule has 0 saturated heterocycles. The predicted molar refractivity (Wildman–Crippen MR) is 68.3 cm³/mol. The van der Waals surface area contributed by atoms with Crippen LogP contribution in [0.15, 0.2) is 0 Å². The standard InChI is InChI=1S/C11H17N3OS/c1-3-14-10(15)9-8(12)7(6-4-5-6)11(13-2)16-9/h6,13H,3-5,12H2,1-2H3,(H,14,15). The third-order valence-electron chi connectivity index (χ3n) is 2.74. The summed E-state index contributed by atoms with van der Waals surface area (Å²) in [6.45, 7) is 2.53. The van der Waals surface area contributed by atoms with E-state index >= 15 is 0 Å². The normalized spacial score (nSPS) is 14.9. The molecule has 1 aliphatic carbocycles. The Labute approximate surface area is 99.2 Å². The van der Waals surface area contributed by atoms with Crippen molar-refractivity contribution in [1.29, 1.82) is 0 Å². The van der Waals surface area contributed by atoms with Crippen molar-refractivity contribution in [2.75, 3.05) is 24.6 Å². The SMILES string of the molecule is CCNC(=O)c1sc(NC)c(C2CC2)c1N. The fourth-order valence-electron chi connectivity index (χ4n) is 1.83. The minimum absolute atomic E-state index is 0.0617. The molecule has 88 valence electrons. The monoisotopic (exact) mass is 239 g/mol. The fourth-order valence-corrected chi connectivity index (χ4v) is 2.91. The number of anilines is 2. The van der Waals surface area contributed by atoms with Crippen molar-refractivity contribution in [3.05, 3.63) is 10.4 Å². The van der Waals surface area contributed by atoms with Crippen molar-refractivity contribution in [3.8, 4) is 0 Å². The van der Waals surface area contributed by atoms with E-state index in [4.69, 9.17) is 5.73 Å². The van der Waals surface area contributed by atoms with Crippen molar-refractivity contribution in [3.63, 3.8) is 0 Å². The van der Waals surface area contributed by atoms with Gasteiger partial charge in [-0.25, -0.2) is 0 Å². The van der Waals surface area contributed by atoms with E-state index in [2.05, 4.69) is 10.6 Å². The highest BCUT2D eigenvalue weighted by Crippen LogP contribution is 2.50. The van der Waals surface area contributed by atoms with Crippen LogP contribution in [0.3, 0.4) is 0 Å². The van der Waals surface area contributed by atoms with E-state index in [1.54, 1.807) is 0 Å². The molecule has 0 spiro atoms. The fraction of sp³-hybridized carbons (Fsp3) is 0.545. The van der Waals surface area contributed by atoms with Gasteiger partial charge in [-0.3, -0.25) is 4.79 Å². The molecule has 1 fully saturated rings. The minimum atomic E-state index is -0.0617. The number of carbonyl (C=O) groups is 1. The molecule has 0 aliphatic heterocycles. The summed E-state index contributed by atoms with van der Waals surface area (Å²) >= 11 is 1.45. The van der Waals surface area contributed by atoms with Crippen LogP contribution in [0.25, 0.3) is 0 Å². The van der Waals surface area contributed by atoms with Crippen molar-refractivity contribution in [1.82, 2.24) is 5.32 Å². The van der Waals surface area contributed by atoms with Crippen LogP contribution in [0, 0.1) is 0 Å². The zero-order valence-electron chi connectivity index (χ0n) is 9.59. The van der Waals surface area contributed by atoms with Crippen molar-refractivity contribution < 1.29 is 4.79 Å². The quantitative estimate of drug-likeness (QED) is 0.753. The van der Waals surface area contributed by atoms with E-state index < -0.39 is 0 Å². The molecule has 0 radical (unpaired) electrons. The summed E-state index contributed by atoms with van der Waals surface area (Å²) in [4.78, 5) is 12.4. The van der Waals surface area contributed by atoms with E-state index in [0.717, 1.165) is 10.6 Å². The Kier molecular flexibility index (Phi) is 3.05. The predicted octanol–water partition coefficient (Wildman–Crippen LogP) is 2.00. The summed E-state index contributed by atoms with van der Waals surface area (Å²) in [5.41, 5.74) is 7.88. The van der Waals surface area contributed by atoms with Crippen molar-refractivity contribution in [2.45, 2.75) is 25.7 Å². The molecule has 1 saturated carbocycles. The maximum absolute atomic E-state index is 11.8. The summed E-state index contributed by atoms with van der Waals surface area (Å²) in [7, 11) is 1.87. The van der Waals surface area contributed by atoms with Crippen LogP contribution < -0.4 is 16.4 Å². The summed E-state index contributed by atoms with van der Waals surface area (Å²) in [6, 6.07) is 0. The first-order valence-electron chi connectivity index (χ1n) is 5.57. The third kappa shape index (κ3) is 1.87. The van der Waals surface area contributed by atoms with Gasteiger partial charge in [0.15, 0.2) is 0 Å². The summed E-state index contributed by atoms with van der Waals surface area (Å²) in [5, 5.41) is 6.97. The Morgan fingerprint density at radius 2 is 2.25 bits per heavy atom. The molecule has 0 bridgehead atoms. The third-order valence-corrected chi connectivity index (χ3v) is 3.98. The lowest BCUT2D eigenvalue weighted by atomic mass is 10.1. The Morgan fingerprint density at radius 3 is 2.75 bits per heavy atom. The number of nitrogens with two attached hydrogens (primary N) is 1. The summed E-state index contributed by atoms with van der Waals surface area (Å²) in [5.74, 6) is 0.496. The first kappa shape index (κ1) is 11.3. The number of hydrogen-bond acceptors (Lipinski definition) is 4. The molecular formula is C11H17N3OS. The molecule has 0 aromatic carbocycles. The molecule has 1 heterocycles. The van der Waals surface area contributed by atoms with Gasteiger partial charge in [0.05, 0.1) is 10.7 Å². The molecular weight excluding hydrogens is 222 g/mol. The number of nitrogen functional groups attached to an aromatic ring is 1. The highest BCUT2D eigenvalue weighted by Gasteiger charge is 2.32. The van der Waals surface area contributed by atoms with Gasteiger partial charge in [-0.05, 0) is 25.7 Å². The van der Waals surface area contributed by atoms with E-state index in [1.165, 1.54) is 24.2 Å². The smallest absolute Gasteiger partial charge is 0.263 e. The topological polar surface area (TPSA) is 67.2 Å². The van der Waals surface area contributed by atoms with Gasteiger partial charge in [0, 0.05) is 19.2 Å². The number of rotatable bonds is 4. The van der Waals surface area contributed by atoms with E-state index in [-0.39, 0.29) is 5.91 Å². The molecule has 1 aromatic rings. The molecule has 0 unspecified atom stereocenters. The lowest BCUT2D eigenvalue weighted by Gasteiger charge is -2.02. The van der Waals surface area contributed by atoms with Gasteiger partial charge in [-0.2, -0.15) is 0 Å². The first-order valence-corrected chi connectivity index (χ1v) is 6.38. The van der Waals surface area contributed by atoms with E-state index in [9.17, 15) is 4.79 Å². The second-order valence-corrected chi connectivity index (χ2v) is 4.99. The maximum atomic E-state index is 11.8. The van der Waals surface area contributed by atoms with Crippen LogP contribution in [0.5, 0.6) is 0 Å². The number of amides is 1. The Balaban J connectivity index is 2.35. The van der Waals surface area contributed by atoms with E-state index in [0.29, 0.717) is 23.0 Å². The number of nitrogens with one attached hydrogen (secondary N) is 2. The lowest BCUT2D eigenvalue weighted by Crippen LogP contribution is -2.22. The van der Waals surface area contributed by atoms with E-state index in [1.807, 2.05) is 14.0 Å². The van der Waals surface area contributed by atoms with Crippen LogP contribution in [-0.4, -0.2) is 19.5 Å². The molecule has 4 nitrogen and oxygen atoms in total. The summed E-state index contributed by atoms with van der Waals surface area (Å²) < 4.78 is 0. The van der Waals surface area contributed by atoms with Crippen LogP contribution in [-0.2, 0) is 0 Å². The average molecular weight is 239 g/mol. The zero-order chi connectivity index (χ0) is 11.7. The van der Waals surface area contributed by atoms with Crippen molar-refractivity contribution >= 4 is 27.9 Å². The maximum Gasteiger partial charge on any atom is 0.263 e. The number of hydrogen-bond donors (Lipinski definition) is 3. The van der Waals surface area contributed by atoms with Crippen molar-refractivity contribution in [2.24, 2.45) is 0 Å². The van der Waals surface area contributed by atoms with Gasteiger partial charge >= 0.3 is 0 Å². The van der Waals surface area contributed by atoms with Gasteiger partial charge in [-0.1, -0.05) is 0 Å². The second kappa shape index (κ2) is 4.33. The van der Waals surface area contributed by atoms with Gasteiger partial charge in [0.1, 0.15) is 4.88 Å². The molecule has 1 amide bonds. The highest BCUT2D eigenvalue weighted by atomic mass is 32.1. The van der Waals surface area contributed by atoms with Crippen LogP contribution >= 0.6 is 11.3 Å². The number of carbonyl (C=O) groups excluding carboxylic acids is 1. The van der Waals surface area contributed by atoms with Crippen LogP contribution in [0.2, 0.25) is 0 Å². The lowest BCUT2D eigenvalue weighted by molar-refractivity contribution is 0.0960. The number of thiophene rings is 1. The highest BCUT2D eigenvalue weighted by molar-refractivity contribution is 7.18. The Morgan fingerprint density at radius 1 is 1.56 bits per heavy atom. The molecule has 2 rings (SSSR count). The van der Waals surface area contributed by atoms with Gasteiger partial charge < -0.3 is 16.4 Å². The molecule has 16 heavy (non-hydrogen) atoms. The second-order valence-electron chi connectivity index (χ2n) is 3.97. The molecule has 0 atom stereocenters. The minimum Gasteiger partial charge on any atom is -0.397 e. The van der Waals surface area contributed by atoms with Crippen LogP contribution in [0.4, 0.5) is 10.7 Å².